The van der Waals surface area contributed by atoms with Crippen molar-refractivity contribution in [2.75, 3.05) is 18.4 Å². The van der Waals surface area contributed by atoms with Crippen molar-refractivity contribution >= 4 is 45.3 Å². The molecule has 1 saturated carbocycles. The molecule has 3 aromatic rings. The van der Waals surface area contributed by atoms with E-state index in [0.717, 1.165) is 35.6 Å². The van der Waals surface area contributed by atoms with E-state index in [2.05, 4.69) is 17.0 Å². The Morgan fingerprint density at radius 3 is 2.56 bits per heavy atom. The fraction of sp³-hybridized carbons (Fsp3) is 0.529. The van der Waals surface area contributed by atoms with Crippen LogP contribution in [0.2, 0.25) is 0 Å². The number of hydrogen-bond donors (Lipinski definition) is 2. The van der Waals surface area contributed by atoms with E-state index in [1.54, 1.807) is 18.3 Å². The molecule has 1 aromatic carbocycles. The minimum Gasteiger partial charge on any atom is -0.486 e. The fourth-order valence-corrected chi connectivity index (χ4v) is 6.64. The molecule has 3 atom stereocenters. The molecule has 2 N–H and O–H groups in total. The molecule has 1 aliphatic carbocycles. The van der Waals surface area contributed by atoms with Crippen LogP contribution in [0.5, 0.6) is 5.75 Å². The topological polar surface area (TPSA) is 123 Å². The smallest absolute Gasteiger partial charge is 0.340 e. The molecule has 3 aliphatic rings. The number of carbonyl (C=O) groups is 2. The zero-order valence-electron chi connectivity index (χ0n) is 27.1. The molecule has 0 radical (unpaired) electrons. The molecular weight excluding hydrogens is 590 g/mol. The molecular formula is C34H43N5O5S. The van der Waals surface area contributed by atoms with Gasteiger partial charge in [-0.2, -0.15) is 0 Å². The van der Waals surface area contributed by atoms with Crippen LogP contribution in [0, 0.1) is 5.92 Å². The average Bonchev–Trinajstić information content (AvgIpc) is 3.81. The second kappa shape index (κ2) is 11.7. The Labute approximate surface area is 267 Å². The van der Waals surface area contributed by atoms with Crippen molar-refractivity contribution in [1.82, 2.24) is 19.6 Å². The summed E-state index contributed by atoms with van der Waals surface area (Å²) in [6.07, 6.45) is 4.42. The summed E-state index contributed by atoms with van der Waals surface area (Å²) in [5.41, 5.74) is 1.48. The zero-order valence-corrected chi connectivity index (χ0v) is 27.9. The van der Waals surface area contributed by atoms with Gasteiger partial charge in [-0.1, -0.05) is 19.9 Å². The molecule has 0 spiro atoms. The lowest BCUT2D eigenvalue weighted by atomic mass is 9.84. The zero-order chi connectivity index (χ0) is 32.3. The van der Waals surface area contributed by atoms with E-state index in [1.165, 1.54) is 0 Å². The van der Waals surface area contributed by atoms with Gasteiger partial charge >= 0.3 is 5.97 Å². The summed E-state index contributed by atoms with van der Waals surface area (Å²) < 4.78 is 28.1. The first kappa shape index (κ1) is 31.4. The van der Waals surface area contributed by atoms with Gasteiger partial charge in [-0.15, -0.1) is 0 Å². The van der Waals surface area contributed by atoms with Crippen molar-refractivity contribution < 1.29 is 23.3 Å². The third kappa shape index (κ3) is 6.29. The number of likely N-dealkylation sites (tertiary alicyclic amines) is 1. The molecule has 6 rings (SSSR count). The maximum atomic E-state index is 13.1. The van der Waals surface area contributed by atoms with Crippen molar-refractivity contribution in [1.29, 1.82) is 0 Å². The van der Waals surface area contributed by atoms with Crippen LogP contribution in [-0.2, 0) is 20.5 Å². The number of fused-ring (bicyclic) bond motifs is 2. The van der Waals surface area contributed by atoms with Gasteiger partial charge < -0.3 is 19.7 Å². The summed E-state index contributed by atoms with van der Waals surface area (Å²) in [5, 5.41) is 5.09. The van der Waals surface area contributed by atoms with Crippen LogP contribution in [0.4, 0.5) is 11.6 Å². The van der Waals surface area contributed by atoms with E-state index in [4.69, 9.17) is 19.4 Å². The Morgan fingerprint density at radius 1 is 1.16 bits per heavy atom. The highest BCUT2D eigenvalue weighted by molar-refractivity contribution is 7.84. The highest BCUT2D eigenvalue weighted by Gasteiger charge is 2.41. The van der Waals surface area contributed by atoms with Gasteiger partial charge in [0.25, 0.3) is 0 Å². The molecule has 0 unspecified atom stereocenters. The molecule has 1 saturated heterocycles. The summed E-state index contributed by atoms with van der Waals surface area (Å²) in [6, 6.07) is 9.27. The fourth-order valence-electron chi connectivity index (χ4n) is 5.73. The number of cyclic esters (lactones) is 1. The van der Waals surface area contributed by atoms with Gasteiger partial charge in [0.05, 0.1) is 40.1 Å². The number of anilines is 2. The number of aromatic nitrogens is 2. The quantitative estimate of drug-likeness (QED) is 0.278. The third-order valence-electron chi connectivity index (χ3n) is 9.07. The lowest BCUT2D eigenvalue weighted by Crippen LogP contribution is -2.56. The van der Waals surface area contributed by atoms with Gasteiger partial charge in [0.15, 0.2) is 0 Å². The number of nitrogens with one attached hydrogen (secondary N) is 2. The average molecular weight is 634 g/mol. The number of rotatable bonds is 9. The Hall–Kier alpha value is -3.57. The molecule has 11 heteroatoms. The molecule has 2 fully saturated rings. The Bertz CT molecular complexity index is 1680. The number of carbonyl (C=O) groups excluding carboxylic acids is 2. The molecule has 4 heterocycles. The van der Waals surface area contributed by atoms with Crippen molar-refractivity contribution in [2.24, 2.45) is 5.92 Å². The van der Waals surface area contributed by atoms with E-state index < -0.39 is 21.3 Å². The number of ether oxygens (including phenoxy) is 2. The second-order valence-corrected chi connectivity index (χ2v) is 16.0. The maximum absolute atomic E-state index is 13.1. The van der Waals surface area contributed by atoms with Gasteiger partial charge in [-0.25, -0.2) is 23.7 Å². The molecule has 10 nitrogen and oxygen atoms in total. The van der Waals surface area contributed by atoms with Crippen LogP contribution in [0.25, 0.3) is 10.8 Å². The van der Waals surface area contributed by atoms with Crippen molar-refractivity contribution in [3.05, 3.63) is 53.3 Å². The van der Waals surface area contributed by atoms with Crippen molar-refractivity contribution in [3.63, 3.8) is 0 Å². The van der Waals surface area contributed by atoms with Crippen molar-refractivity contribution in [3.8, 4) is 5.75 Å². The highest BCUT2D eigenvalue weighted by atomic mass is 32.2. The monoisotopic (exact) mass is 633 g/mol. The normalized spacial score (nSPS) is 21.0. The standard InChI is InChI=1S/C34H43N5O5S/c1-8-26(38-45(42)33(3,4)5)22-11-13-27(43-21-17-39(18-21)31(40)20-9-10-20)25-16-35-29(15-24(22)25)36-28-14-12-23-30(37-28)19(2)34(6,7)44-32(23)41/h11-16,19-21,26,38H,8-10,17-18H2,1-7H3,(H,35,36,37)/t19-,26-,45+/m1/s1. The Balaban J connectivity index is 1.32. The predicted molar refractivity (Wildman–Crippen MR) is 175 cm³/mol. The third-order valence-corrected chi connectivity index (χ3v) is 10.7. The molecule has 45 heavy (non-hydrogen) atoms. The van der Waals surface area contributed by atoms with E-state index >= 15 is 0 Å². The number of esters is 1. The number of amides is 1. The molecule has 0 bridgehead atoms. The van der Waals surface area contributed by atoms with E-state index in [0.29, 0.717) is 41.7 Å². The summed E-state index contributed by atoms with van der Waals surface area (Å²) in [4.78, 5) is 36.4. The number of benzene rings is 1. The van der Waals surface area contributed by atoms with Gasteiger partial charge in [0.2, 0.25) is 5.91 Å². The predicted octanol–water partition coefficient (Wildman–Crippen LogP) is 5.93. The largest absolute Gasteiger partial charge is 0.486 e. The summed E-state index contributed by atoms with van der Waals surface area (Å²) in [5.74, 6) is 1.82. The minimum absolute atomic E-state index is 0.0781. The van der Waals surface area contributed by atoms with Crippen LogP contribution < -0.4 is 14.8 Å². The lowest BCUT2D eigenvalue weighted by molar-refractivity contribution is -0.141. The lowest BCUT2D eigenvalue weighted by Gasteiger charge is -2.39. The van der Waals surface area contributed by atoms with Crippen LogP contribution in [0.1, 0.15) is 101 Å². The highest BCUT2D eigenvalue weighted by Crippen LogP contribution is 2.39. The molecule has 240 valence electrons. The van der Waals surface area contributed by atoms with Crippen LogP contribution in [-0.4, -0.2) is 60.5 Å². The van der Waals surface area contributed by atoms with Gasteiger partial charge in [-0.05, 0) is 89.1 Å². The number of pyridine rings is 2. The second-order valence-electron chi connectivity index (χ2n) is 14.0. The Morgan fingerprint density at radius 2 is 1.89 bits per heavy atom. The number of hydrogen-bond acceptors (Lipinski definition) is 8. The SMILES string of the molecule is CC[C@@H](N[S@@](=O)C(C)(C)C)c1ccc(OC2CN(C(=O)C3CC3)C2)c2cnc(Nc3ccc4c(n3)[C@@H](C)C(C)(C)OC4=O)cc12. The summed E-state index contributed by atoms with van der Waals surface area (Å²) >= 11 is 0. The van der Waals surface area contributed by atoms with Gasteiger partial charge in [-0.3, -0.25) is 4.79 Å². The summed E-state index contributed by atoms with van der Waals surface area (Å²) in [6.45, 7) is 14.9. The van der Waals surface area contributed by atoms with Gasteiger partial charge in [0.1, 0.15) is 29.1 Å². The molecule has 2 aliphatic heterocycles. The van der Waals surface area contributed by atoms with Crippen molar-refractivity contribution in [2.45, 2.75) is 96.1 Å². The van der Waals surface area contributed by atoms with Crippen LogP contribution >= 0.6 is 0 Å². The first-order chi connectivity index (χ1) is 21.2. The van der Waals surface area contributed by atoms with Gasteiger partial charge in [0, 0.05) is 29.5 Å². The first-order valence-electron chi connectivity index (χ1n) is 15.8. The number of nitrogens with zero attached hydrogens (tertiary/aromatic N) is 3. The van der Waals surface area contributed by atoms with E-state index in [9.17, 15) is 13.8 Å². The minimum atomic E-state index is -1.27. The molecule has 2 aromatic heterocycles. The first-order valence-corrected chi connectivity index (χ1v) is 17.0. The van der Waals surface area contributed by atoms with Crippen LogP contribution in [0.15, 0.2) is 36.5 Å². The molecule has 1 amide bonds. The maximum Gasteiger partial charge on any atom is 0.340 e. The van der Waals surface area contributed by atoms with Crippen LogP contribution in [0.3, 0.4) is 0 Å². The van der Waals surface area contributed by atoms with E-state index in [1.807, 2.05) is 64.6 Å². The van der Waals surface area contributed by atoms with E-state index in [-0.39, 0.29) is 35.9 Å². The summed E-state index contributed by atoms with van der Waals surface area (Å²) in [7, 11) is -1.27. The Kier molecular flexibility index (Phi) is 8.14.